The van der Waals surface area contributed by atoms with Crippen molar-refractivity contribution in [2.45, 2.75) is 4.90 Å². The predicted octanol–water partition coefficient (Wildman–Crippen LogP) is 1.19. The average molecular weight is 244 g/mol. The van der Waals surface area contributed by atoms with Gasteiger partial charge in [-0.3, -0.25) is 4.57 Å². The van der Waals surface area contributed by atoms with Crippen LogP contribution in [0.25, 0.3) is 5.69 Å². The fourth-order valence-corrected chi connectivity index (χ4v) is 1.88. The van der Waals surface area contributed by atoms with Crippen molar-refractivity contribution in [1.82, 2.24) is 14.8 Å². The largest absolute Gasteiger partial charge is 0.288 e. The van der Waals surface area contributed by atoms with Gasteiger partial charge in [-0.2, -0.15) is 0 Å². The molecule has 0 aliphatic carbocycles. The average Bonchev–Trinajstić information content (AvgIpc) is 2.69. The third-order valence-corrected chi connectivity index (χ3v) is 3.20. The van der Waals surface area contributed by atoms with Crippen LogP contribution in [0.1, 0.15) is 0 Å². The molecule has 0 unspecified atom stereocenters. The van der Waals surface area contributed by atoms with Gasteiger partial charge in [-0.25, -0.2) is 8.42 Å². The first-order valence-corrected chi connectivity index (χ1v) is 6.28. The molecule has 5 nitrogen and oxygen atoms in total. The second-order valence-corrected chi connectivity index (χ2v) is 5.37. The predicted molar refractivity (Wildman–Crippen MR) is 54.4 cm³/mol. The standard InChI is InChI=1S/C8H6ClN3O2S/c9-15(13,14)8-3-1-7(2-4-8)12-5-10-11-6-12/h1-6H. The quantitative estimate of drug-likeness (QED) is 0.744. The second-order valence-electron chi connectivity index (χ2n) is 2.80. The lowest BCUT2D eigenvalue weighted by Gasteiger charge is -2.01. The van der Waals surface area contributed by atoms with E-state index in [0.717, 1.165) is 5.69 Å². The van der Waals surface area contributed by atoms with Gasteiger partial charge in [0.25, 0.3) is 9.05 Å². The van der Waals surface area contributed by atoms with Crippen molar-refractivity contribution in [2.24, 2.45) is 0 Å². The van der Waals surface area contributed by atoms with Crippen LogP contribution in [0.5, 0.6) is 0 Å². The van der Waals surface area contributed by atoms with Crippen LogP contribution in [0, 0.1) is 0 Å². The highest BCUT2D eigenvalue weighted by atomic mass is 35.7. The summed E-state index contributed by atoms with van der Waals surface area (Å²) in [6, 6.07) is 6.10. The molecule has 0 aliphatic rings. The molecule has 7 heteroatoms. The maximum atomic E-state index is 11.0. The van der Waals surface area contributed by atoms with Crippen molar-refractivity contribution in [1.29, 1.82) is 0 Å². The smallest absolute Gasteiger partial charge is 0.261 e. The number of hydrogen-bond donors (Lipinski definition) is 0. The Hall–Kier alpha value is -1.40. The molecule has 0 fully saturated rings. The van der Waals surface area contributed by atoms with Crippen LogP contribution in [0.15, 0.2) is 41.8 Å². The van der Waals surface area contributed by atoms with E-state index in [4.69, 9.17) is 10.7 Å². The van der Waals surface area contributed by atoms with Gasteiger partial charge in [0.15, 0.2) is 0 Å². The van der Waals surface area contributed by atoms with Crippen LogP contribution < -0.4 is 0 Å². The molecular weight excluding hydrogens is 238 g/mol. The van der Waals surface area contributed by atoms with Crippen molar-refractivity contribution < 1.29 is 8.42 Å². The highest BCUT2D eigenvalue weighted by Gasteiger charge is 2.09. The van der Waals surface area contributed by atoms with Gasteiger partial charge in [-0.15, -0.1) is 10.2 Å². The number of nitrogens with zero attached hydrogens (tertiary/aromatic N) is 3. The van der Waals surface area contributed by atoms with Crippen LogP contribution >= 0.6 is 10.7 Å². The summed E-state index contributed by atoms with van der Waals surface area (Å²) in [5, 5.41) is 7.28. The van der Waals surface area contributed by atoms with Gasteiger partial charge in [-0.05, 0) is 24.3 Å². The normalized spacial score (nSPS) is 11.5. The molecule has 2 rings (SSSR count). The van der Waals surface area contributed by atoms with Crippen LogP contribution in [0.4, 0.5) is 0 Å². The molecule has 0 saturated carbocycles. The highest BCUT2D eigenvalue weighted by Crippen LogP contribution is 2.16. The highest BCUT2D eigenvalue weighted by molar-refractivity contribution is 8.13. The van der Waals surface area contributed by atoms with E-state index in [1.54, 1.807) is 16.7 Å². The van der Waals surface area contributed by atoms with E-state index in [9.17, 15) is 8.42 Å². The minimum Gasteiger partial charge on any atom is -0.288 e. The SMILES string of the molecule is O=S(=O)(Cl)c1ccc(-n2cnnc2)cc1. The van der Waals surface area contributed by atoms with Crippen LogP contribution in [-0.2, 0) is 9.05 Å². The van der Waals surface area contributed by atoms with Gasteiger partial charge in [0.05, 0.1) is 4.90 Å². The van der Waals surface area contributed by atoms with E-state index in [1.165, 1.54) is 24.8 Å². The van der Waals surface area contributed by atoms with E-state index < -0.39 is 9.05 Å². The molecule has 1 aromatic carbocycles. The number of rotatable bonds is 2. The fraction of sp³-hybridized carbons (Fsp3) is 0. The van der Waals surface area contributed by atoms with E-state index in [-0.39, 0.29) is 4.90 Å². The van der Waals surface area contributed by atoms with Crippen molar-refractivity contribution in [2.75, 3.05) is 0 Å². The molecule has 0 bridgehead atoms. The Balaban J connectivity index is 2.42. The van der Waals surface area contributed by atoms with Crippen LogP contribution in [-0.4, -0.2) is 23.2 Å². The lowest BCUT2D eigenvalue weighted by molar-refractivity contribution is 0.609. The zero-order valence-corrected chi connectivity index (χ0v) is 8.98. The molecule has 0 saturated heterocycles. The molecular formula is C8H6ClN3O2S. The molecule has 0 N–H and O–H groups in total. The van der Waals surface area contributed by atoms with Gasteiger partial charge < -0.3 is 0 Å². The molecule has 78 valence electrons. The molecule has 1 heterocycles. The van der Waals surface area contributed by atoms with Crippen molar-refractivity contribution in [3.05, 3.63) is 36.9 Å². The molecule has 0 atom stereocenters. The first-order chi connectivity index (χ1) is 7.07. The monoisotopic (exact) mass is 243 g/mol. The van der Waals surface area contributed by atoms with E-state index in [1.807, 2.05) is 0 Å². The topological polar surface area (TPSA) is 64.8 Å². The molecule has 15 heavy (non-hydrogen) atoms. The van der Waals surface area contributed by atoms with Crippen LogP contribution in [0.2, 0.25) is 0 Å². The first kappa shape index (κ1) is 10.1. The van der Waals surface area contributed by atoms with Crippen molar-refractivity contribution >= 4 is 19.7 Å². The zero-order chi connectivity index (χ0) is 10.9. The van der Waals surface area contributed by atoms with Gasteiger partial charge in [0.1, 0.15) is 12.7 Å². The summed E-state index contributed by atoms with van der Waals surface area (Å²) >= 11 is 0. The first-order valence-electron chi connectivity index (χ1n) is 3.97. The van der Waals surface area contributed by atoms with Crippen LogP contribution in [0.3, 0.4) is 0 Å². The maximum Gasteiger partial charge on any atom is 0.261 e. The molecule has 0 aliphatic heterocycles. The molecule has 0 spiro atoms. The summed E-state index contributed by atoms with van der Waals surface area (Å²) in [7, 11) is 1.52. The summed E-state index contributed by atoms with van der Waals surface area (Å²) in [5.74, 6) is 0. The Morgan fingerprint density at radius 3 is 2.07 bits per heavy atom. The lowest BCUT2D eigenvalue weighted by Crippen LogP contribution is -1.93. The Morgan fingerprint density at radius 1 is 1.07 bits per heavy atom. The van der Waals surface area contributed by atoms with E-state index in [2.05, 4.69) is 10.2 Å². The third-order valence-electron chi connectivity index (χ3n) is 1.84. The summed E-state index contributed by atoms with van der Waals surface area (Å²) in [5.41, 5.74) is 0.768. The Morgan fingerprint density at radius 2 is 1.60 bits per heavy atom. The van der Waals surface area contributed by atoms with E-state index in [0.29, 0.717) is 0 Å². The zero-order valence-electron chi connectivity index (χ0n) is 7.41. The molecule has 1 aromatic heterocycles. The summed E-state index contributed by atoms with van der Waals surface area (Å²) < 4.78 is 23.6. The summed E-state index contributed by atoms with van der Waals surface area (Å²) in [6.45, 7) is 0. The van der Waals surface area contributed by atoms with Crippen molar-refractivity contribution in [3.8, 4) is 5.69 Å². The molecule has 2 aromatic rings. The molecule has 0 radical (unpaired) electrons. The Labute approximate surface area is 90.7 Å². The minimum atomic E-state index is -3.66. The van der Waals surface area contributed by atoms with E-state index >= 15 is 0 Å². The molecule has 0 amide bonds. The van der Waals surface area contributed by atoms with Crippen molar-refractivity contribution in [3.63, 3.8) is 0 Å². The second kappa shape index (κ2) is 3.63. The summed E-state index contributed by atoms with van der Waals surface area (Å²) in [6.07, 6.45) is 3.04. The number of aromatic nitrogens is 3. The maximum absolute atomic E-state index is 11.0. The van der Waals surface area contributed by atoms with Gasteiger partial charge >= 0.3 is 0 Å². The lowest BCUT2D eigenvalue weighted by atomic mass is 10.3. The minimum absolute atomic E-state index is 0.0704. The van der Waals surface area contributed by atoms with Gasteiger partial charge in [0, 0.05) is 16.4 Å². The third kappa shape index (κ3) is 2.16. The number of halogens is 1. The Bertz CT molecular complexity index is 548. The van der Waals surface area contributed by atoms with Gasteiger partial charge in [0.2, 0.25) is 0 Å². The number of hydrogen-bond acceptors (Lipinski definition) is 4. The summed E-state index contributed by atoms with van der Waals surface area (Å²) in [4.78, 5) is 0.0704. The van der Waals surface area contributed by atoms with Gasteiger partial charge in [-0.1, -0.05) is 0 Å². The Kier molecular flexibility index (Phi) is 2.45. The number of benzene rings is 1. The fourth-order valence-electron chi connectivity index (χ4n) is 1.11.